The van der Waals surface area contributed by atoms with Crippen molar-refractivity contribution in [1.82, 2.24) is 9.97 Å². The summed E-state index contributed by atoms with van der Waals surface area (Å²) < 4.78 is 22.6. The first kappa shape index (κ1) is 9.67. The van der Waals surface area contributed by atoms with Gasteiger partial charge in [0, 0.05) is 5.56 Å². The molecule has 0 unspecified atom stereocenters. The van der Waals surface area contributed by atoms with Gasteiger partial charge in [-0.15, -0.1) is 0 Å². The predicted octanol–water partition coefficient (Wildman–Crippen LogP) is 0.183. The minimum Gasteiger partial charge on any atom is -0.383 e. The zero-order valence-electron chi connectivity index (χ0n) is 7.20. The number of hydrogen-bond donors (Lipinski definition) is 1. The highest BCUT2D eigenvalue weighted by Crippen LogP contribution is 2.23. The zero-order valence-corrected chi connectivity index (χ0v) is 8.77. The van der Waals surface area contributed by atoms with E-state index in [1.165, 1.54) is 0 Å². The van der Waals surface area contributed by atoms with E-state index in [-0.39, 0.29) is 22.6 Å². The van der Waals surface area contributed by atoms with Crippen LogP contribution in [0.25, 0.3) is 0 Å². The fourth-order valence-corrected chi connectivity index (χ4v) is 2.96. The second-order valence-corrected chi connectivity index (χ2v) is 5.67. The molecule has 0 fully saturated rings. The minimum atomic E-state index is -3.03. The van der Waals surface area contributed by atoms with E-state index in [2.05, 4.69) is 9.97 Å². The SMILES string of the molecule is Nc1nc(Cl)nc2c1CCS(=O)(=O)C2. The summed E-state index contributed by atoms with van der Waals surface area (Å²) >= 11 is 5.58. The smallest absolute Gasteiger partial charge is 0.224 e. The van der Waals surface area contributed by atoms with Gasteiger partial charge in [0.25, 0.3) is 0 Å². The molecule has 0 amide bonds. The second-order valence-electron chi connectivity index (χ2n) is 3.15. The van der Waals surface area contributed by atoms with Gasteiger partial charge in [-0.1, -0.05) is 0 Å². The van der Waals surface area contributed by atoms with Crippen LogP contribution in [0.5, 0.6) is 0 Å². The maximum atomic E-state index is 11.3. The fraction of sp³-hybridized carbons (Fsp3) is 0.429. The van der Waals surface area contributed by atoms with Crippen LogP contribution in [0.2, 0.25) is 5.28 Å². The van der Waals surface area contributed by atoms with Crippen LogP contribution in [0, 0.1) is 0 Å². The average molecular weight is 234 g/mol. The van der Waals surface area contributed by atoms with Crippen molar-refractivity contribution in [2.45, 2.75) is 12.2 Å². The molecule has 0 aromatic carbocycles. The third kappa shape index (κ3) is 1.67. The van der Waals surface area contributed by atoms with Crippen LogP contribution in [0.4, 0.5) is 5.82 Å². The summed E-state index contributed by atoms with van der Waals surface area (Å²) in [6.07, 6.45) is 0.376. The van der Waals surface area contributed by atoms with E-state index in [0.717, 1.165) is 0 Å². The fourth-order valence-electron chi connectivity index (χ4n) is 1.45. The molecule has 1 aliphatic heterocycles. The van der Waals surface area contributed by atoms with Crippen LogP contribution in [0.15, 0.2) is 0 Å². The molecular weight excluding hydrogens is 226 g/mol. The number of anilines is 1. The van der Waals surface area contributed by atoms with Crippen molar-refractivity contribution in [3.05, 3.63) is 16.5 Å². The molecule has 76 valence electrons. The van der Waals surface area contributed by atoms with Crippen LogP contribution in [-0.4, -0.2) is 24.1 Å². The van der Waals surface area contributed by atoms with E-state index in [1.807, 2.05) is 0 Å². The summed E-state index contributed by atoms with van der Waals surface area (Å²) in [5.41, 5.74) is 6.75. The van der Waals surface area contributed by atoms with E-state index >= 15 is 0 Å². The van der Waals surface area contributed by atoms with Crippen LogP contribution in [0.1, 0.15) is 11.3 Å². The largest absolute Gasteiger partial charge is 0.383 e. The predicted molar refractivity (Wildman–Crippen MR) is 52.6 cm³/mol. The Morgan fingerprint density at radius 1 is 1.36 bits per heavy atom. The highest BCUT2D eigenvalue weighted by molar-refractivity contribution is 7.90. The molecule has 1 aromatic rings. The highest BCUT2D eigenvalue weighted by Gasteiger charge is 2.25. The van der Waals surface area contributed by atoms with Gasteiger partial charge in [-0.3, -0.25) is 0 Å². The third-order valence-corrected chi connectivity index (χ3v) is 3.83. The summed E-state index contributed by atoms with van der Waals surface area (Å²) in [6, 6.07) is 0. The maximum Gasteiger partial charge on any atom is 0.224 e. The van der Waals surface area contributed by atoms with Gasteiger partial charge in [0.1, 0.15) is 5.82 Å². The van der Waals surface area contributed by atoms with Crippen molar-refractivity contribution in [3.63, 3.8) is 0 Å². The number of aromatic nitrogens is 2. The molecule has 2 N–H and O–H groups in total. The molecule has 14 heavy (non-hydrogen) atoms. The summed E-state index contributed by atoms with van der Waals surface area (Å²) in [6.45, 7) is 0. The zero-order chi connectivity index (χ0) is 10.3. The van der Waals surface area contributed by atoms with E-state index in [4.69, 9.17) is 17.3 Å². The molecule has 0 aliphatic carbocycles. The molecule has 5 nitrogen and oxygen atoms in total. The Hall–Kier alpha value is -0.880. The summed E-state index contributed by atoms with van der Waals surface area (Å²) in [5.74, 6) is 0.305. The first-order valence-corrected chi connectivity index (χ1v) is 6.19. The number of nitrogens with two attached hydrogens (primary N) is 1. The Morgan fingerprint density at radius 2 is 2.07 bits per heavy atom. The molecule has 0 spiro atoms. The molecule has 7 heteroatoms. The van der Waals surface area contributed by atoms with Crippen LogP contribution >= 0.6 is 11.6 Å². The number of sulfone groups is 1. The lowest BCUT2D eigenvalue weighted by atomic mass is 10.1. The van der Waals surface area contributed by atoms with E-state index in [1.54, 1.807) is 0 Å². The van der Waals surface area contributed by atoms with E-state index in [0.29, 0.717) is 17.7 Å². The lowest BCUT2D eigenvalue weighted by molar-refractivity contribution is 0.590. The first-order valence-electron chi connectivity index (χ1n) is 3.99. The number of nitrogen functional groups attached to an aromatic ring is 1. The number of hydrogen-bond acceptors (Lipinski definition) is 5. The monoisotopic (exact) mass is 233 g/mol. The topological polar surface area (TPSA) is 85.9 Å². The number of rotatable bonds is 0. The third-order valence-electron chi connectivity index (χ3n) is 2.12. The Bertz CT molecular complexity index is 486. The maximum absolute atomic E-state index is 11.3. The summed E-state index contributed by atoms with van der Waals surface area (Å²) in [4.78, 5) is 7.64. The number of halogens is 1. The van der Waals surface area contributed by atoms with Crippen molar-refractivity contribution < 1.29 is 8.42 Å². The molecule has 0 saturated carbocycles. The van der Waals surface area contributed by atoms with Gasteiger partial charge in [-0.05, 0) is 18.0 Å². The molecule has 2 heterocycles. The molecular formula is C7H8ClN3O2S. The molecule has 2 rings (SSSR count). The Balaban J connectivity index is 2.58. The molecule has 1 aromatic heterocycles. The van der Waals surface area contributed by atoms with Crippen LogP contribution < -0.4 is 5.73 Å². The standard InChI is InChI=1S/C7H8ClN3O2S/c8-7-10-5-3-14(12,13)2-1-4(5)6(9)11-7/h1-3H2,(H2,9,10,11). The first-order chi connectivity index (χ1) is 6.48. The van der Waals surface area contributed by atoms with E-state index in [9.17, 15) is 8.42 Å². The number of nitrogens with zero attached hydrogens (tertiary/aromatic N) is 2. The normalized spacial score (nSPS) is 18.9. The van der Waals surface area contributed by atoms with Gasteiger partial charge in [0.2, 0.25) is 5.28 Å². The Kier molecular flexibility index (Phi) is 2.11. The molecule has 0 bridgehead atoms. The van der Waals surface area contributed by atoms with Crippen LogP contribution in [-0.2, 0) is 22.0 Å². The van der Waals surface area contributed by atoms with E-state index < -0.39 is 9.84 Å². The van der Waals surface area contributed by atoms with Gasteiger partial charge in [0.05, 0.1) is 17.2 Å². The van der Waals surface area contributed by atoms with Gasteiger partial charge in [-0.25, -0.2) is 18.4 Å². The minimum absolute atomic E-state index is 0.00153. The lowest BCUT2D eigenvalue weighted by Crippen LogP contribution is -2.22. The van der Waals surface area contributed by atoms with Gasteiger partial charge >= 0.3 is 0 Å². The van der Waals surface area contributed by atoms with Crippen molar-refractivity contribution in [1.29, 1.82) is 0 Å². The van der Waals surface area contributed by atoms with Gasteiger partial charge < -0.3 is 5.73 Å². The Labute approximate surface area is 86.2 Å². The quantitative estimate of drug-likeness (QED) is 0.647. The summed E-state index contributed by atoms with van der Waals surface area (Å²) in [7, 11) is -3.03. The second kappa shape index (κ2) is 3.06. The Morgan fingerprint density at radius 3 is 2.79 bits per heavy atom. The highest BCUT2D eigenvalue weighted by atomic mass is 35.5. The van der Waals surface area contributed by atoms with Crippen molar-refractivity contribution in [2.24, 2.45) is 0 Å². The molecule has 1 aliphatic rings. The summed E-state index contributed by atoms with van der Waals surface area (Å²) in [5, 5.41) is -0.00153. The van der Waals surface area contributed by atoms with Crippen molar-refractivity contribution in [3.8, 4) is 0 Å². The molecule has 0 atom stereocenters. The average Bonchev–Trinajstić information content (AvgIpc) is 2.00. The lowest BCUT2D eigenvalue weighted by Gasteiger charge is -2.16. The van der Waals surface area contributed by atoms with Gasteiger partial charge in [-0.2, -0.15) is 0 Å². The number of fused-ring (bicyclic) bond motifs is 1. The van der Waals surface area contributed by atoms with Crippen LogP contribution in [0.3, 0.4) is 0 Å². The molecule has 0 radical (unpaired) electrons. The van der Waals surface area contributed by atoms with Crippen molar-refractivity contribution in [2.75, 3.05) is 11.5 Å². The van der Waals surface area contributed by atoms with Gasteiger partial charge in [0.15, 0.2) is 9.84 Å². The van der Waals surface area contributed by atoms with Crippen molar-refractivity contribution >= 4 is 27.3 Å². The molecule has 0 saturated heterocycles.